The van der Waals surface area contributed by atoms with Gasteiger partial charge in [0.15, 0.2) is 11.5 Å². The highest BCUT2D eigenvalue weighted by molar-refractivity contribution is 5.99. The number of carbonyl (C=O) groups excluding carboxylic acids is 1. The Balaban J connectivity index is 1.31. The van der Waals surface area contributed by atoms with E-state index in [0.717, 1.165) is 25.9 Å². The van der Waals surface area contributed by atoms with E-state index in [2.05, 4.69) is 58.7 Å². The molecule has 8 heteroatoms. The van der Waals surface area contributed by atoms with E-state index in [4.69, 9.17) is 9.47 Å². The minimum absolute atomic E-state index is 0.0555. The van der Waals surface area contributed by atoms with Crippen LogP contribution in [0.15, 0.2) is 60.7 Å². The Morgan fingerprint density at radius 1 is 1.03 bits per heavy atom. The van der Waals surface area contributed by atoms with E-state index >= 15 is 0 Å². The lowest BCUT2D eigenvalue weighted by Gasteiger charge is -2.30. The molecule has 0 fully saturated rings. The summed E-state index contributed by atoms with van der Waals surface area (Å²) in [5, 5.41) is 14.2. The molecule has 1 aliphatic rings. The quantitative estimate of drug-likeness (QED) is 0.278. The van der Waals surface area contributed by atoms with Crippen molar-refractivity contribution >= 4 is 17.3 Å². The molecule has 0 unspecified atom stereocenters. The van der Waals surface area contributed by atoms with Crippen LogP contribution < -0.4 is 19.7 Å². The molecule has 0 saturated carbocycles. The van der Waals surface area contributed by atoms with Gasteiger partial charge in [-0.1, -0.05) is 36.4 Å². The molecule has 0 spiro atoms. The number of methoxy groups -OCH3 is 2. The van der Waals surface area contributed by atoms with Gasteiger partial charge in [0.1, 0.15) is 5.56 Å². The first kappa shape index (κ1) is 24.1. The highest BCUT2D eigenvalue weighted by Crippen LogP contribution is 2.34. The molecule has 8 nitrogen and oxygen atoms in total. The number of aryl methyl sites for hydroxylation is 1. The fraction of sp³-hybridized carbons (Fsp3) is 0.296. The molecule has 4 rings (SSSR count). The number of amides is 1. The lowest BCUT2D eigenvalue weighted by molar-refractivity contribution is -0.385. The lowest BCUT2D eigenvalue weighted by Crippen LogP contribution is -2.30. The van der Waals surface area contributed by atoms with Crippen molar-refractivity contribution in [2.75, 3.05) is 32.2 Å². The van der Waals surface area contributed by atoms with Crippen LogP contribution >= 0.6 is 0 Å². The van der Waals surface area contributed by atoms with Gasteiger partial charge < -0.3 is 19.7 Å². The summed E-state index contributed by atoms with van der Waals surface area (Å²) >= 11 is 0. The van der Waals surface area contributed by atoms with Crippen LogP contribution in [0, 0.1) is 10.1 Å². The number of nitrogens with one attached hydrogen (secondary N) is 1. The van der Waals surface area contributed by atoms with Gasteiger partial charge in [0.05, 0.1) is 25.2 Å². The van der Waals surface area contributed by atoms with Crippen LogP contribution in [0.1, 0.15) is 33.5 Å². The summed E-state index contributed by atoms with van der Waals surface area (Å²) in [6, 6.07) is 19.7. The summed E-state index contributed by atoms with van der Waals surface area (Å²) in [7, 11) is 2.81. The smallest absolute Gasteiger partial charge is 0.286 e. The van der Waals surface area contributed by atoms with Crippen LogP contribution in [0.4, 0.5) is 11.4 Å². The zero-order valence-corrected chi connectivity index (χ0v) is 20.0. The molecule has 3 aromatic rings. The minimum Gasteiger partial charge on any atom is -0.493 e. The zero-order chi connectivity index (χ0) is 24.8. The molecule has 182 valence electrons. The molecule has 0 aromatic heterocycles. The number of benzene rings is 3. The SMILES string of the molecule is COc1cc(C(=O)NCCCc2ccc(N3CCc4ccccc4C3)cc2)c([N+](=O)[O-])cc1OC. The van der Waals surface area contributed by atoms with Crippen molar-refractivity contribution in [3.8, 4) is 11.5 Å². The molecule has 0 atom stereocenters. The molecular weight excluding hydrogens is 446 g/mol. The van der Waals surface area contributed by atoms with Crippen LogP contribution in [0.3, 0.4) is 0 Å². The predicted octanol–water partition coefficient (Wildman–Crippen LogP) is 4.54. The number of nitrogens with zero attached hydrogens (tertiary/aromatic N) is 2. The number of hydrogen-bond donors (Lipinski definition) is 1. The van der Waals surface area contributed by atoms with Crippen molar-refractivity contribution in [2.45, 2.75) is 25.8 Å². The minimum atomic E-state index is -0.598. The second kappa shape index (κ2) is 10.9. The lowest BCUT2D eigenvalue weighted by atomic mass is 9.99. The van der Waals surface area contributed by atoms with Crippen molar-refractivity contribution in [1.29, 1.82) is 0 Å². The van der Waals surface area contributed by atoms with E-state index in [1.807, 2.05) is 0 Å². The van der Waals surface area contributed by atoms with Crippen molar-refractivity contribution in [1.82, 2.24) is 5.32 Å². The Morgan fingerprint density at radius 3 is 2.40 bits per heavy atom. The van der Waals surface area contributed by atoms with Gasteiger partial charge in [-0.2, -0.15) is 0 Å². The average molecular weight is 476 g/mol. The first-order chi connectivity index (χ1) is 17.0. The van der Waals surface area contributed by atoms with Gasteiger partial charge in [-0.05, 0) is 48.1 Å². The van der Waals surface area contributed by atoms with Crippen molar-refractivity contribution in [3.63, 3.8) is 0 Å². The Morgan fingerprint density at radius 2 is 1.71 bits per heavy atom. The number of rotatable bonds is 9. The molecule has 1 heterocycles. The molecular formula is C27H29N3O5. The number of nitro benzene ring substituents is 1. The van der Waals surface area contributed by atoms with Crippen molar-refractivity contribution in [3.05, 3.63) is 93.0 Å². The van der Waals surface area contributed by atoms with Gasteiger partial charge >= 0.3 is 0 Å². The second-order valence-electron chi connectivity index (χ2n) is 8.45. The molecule has 1 N–H and O–H groups in total. The number of carbonyl (C=O) groups is 1. The Kier molecular flexibility index (Phi) is 7.50. The largest absolute Gasteiger partial charge is 0.493 e. The molecule has 35 heavy (non-hydrogen) atoms. The second-order valence-corrected chi connectivity index (χ2v) is 8.45. The Labute approximate surface area is 204 Å². The highest BCUT2D eigenvalue weighted by atomic mass is 16.6. The van der Waals surface area contributed by atoms with Gasteiger partial charge in [-0.15, -0.1) is 0 Å². The maximum Gasteiger partial charge on any atom is 0.286 e. The van der Waals surface area contributed by atoms with Gasteiger partial charge in [0.2, 0.25) is 0 Å². The van der Waals surface area contributed by atoms with Crippen LogP contribution in [-0.2, 0) is 19.4 Å². The van der Waals surface area contributed by atoms with E-state index < -0.39 is 10.8 Å². The van der Waals surface area contributed by atoms with Crippen LogP contribution in [0.2, 0.25) is 0 Å². The molecule has 0 radical (unpaired) electrons. The summed E-state index contributed by atoms with van der Waals surface area (Å²) < 4.78 is 10.3. The normalized spacial score (nSPS) is 12.6. The number of nitro groups is 1. The third kappa shape index (κ3) is 5.54. The number of hydrogen-bond acceptors (Lipinski definition) is 6. The average Bonchev–Trinajstić information content (AvgIpc) is 2.90. The van der Waals surface area contributed by atoms with E-state index in [0.29, 0.717) is 13.0 Å². The Bertz CT molecular complexity index is 1210. The first-order valence-corrected chi connectivity index (χ1v) is 11.6. The van der Waals surface area contributed by atoms with Gasteiger partial charge in [-0.25, -0.2) is 0 Å². The first-order valence-electron chi connectivity index (χ1n) is 11.6. The van der Waals surface area contributed by atoms with E-state index in [-0.39, 0.29) is 22.7 Å². The number of anilines is 1. The summed E-state index contributed by atoms with van der Waals surface area (Å²) in [5.74, 6) is -0.0492. The standard InChI is InChI=1S/C27H29N3O5/c1-34-25-16-23(24(30(32)33)17-26(25)35-2)27(31)28-14-5-6-19-9-11-22(12-10-19)29-15-13-20-7-3-4-8-21(20)18-29/h3-4,7-12,16-17H,5-6,13-15,18H2,1-2H3,(H,28,31). The topological polar surface area (TPSA) is 93.9 Å². The van der Waals surface area contributed by atoms with E-state index in [9.17, 15) is 14.9 Å². The molecule has 0 saturated heterocycles. The van der Waals surface area contributed by atoms with Gasteiger partial charge in [0.25, 0.3) is 11.6 Å². The van der Waals surface area contributed by atoms with E-state index in [1.165, 1.54) is 48.7 Å². The molecule has 1 aliphatic heterocycles. The predicted molar refractivity (Wildman–Crippen MR) is 134 cm³/mol. The molecule has 0 bridgehead atoms. The molecule has 1 amide bonds. The summed E-state index contributed by atoms with van der Waals surface area (Å²) in [6.07, 6.45) is 2.55. The Hall–Kier alpha value is -4.07. The number of ether oxygens (including phenoxy) is 2. The maximum atomic E-state index is 12.6. The van der Waals surface area contributed by atoms with Crippen molar-refractivity contribution < 1.29 is 19.2 Å². The molecule has 3 aromatic carbocycles. The van der Waals surface area contributed by atoms with Crippen LogP contribution in [-0.4, -0.2) is 38.1 Å². The van der Waals surface area contributed by atoms with Gasteiger partial charge in [-0.3, -0.25) is 14.9 Å². The zero-order valence-electron chi connectivity index (χ0n) is 20.0. The third-order valence-electron chi connectivity index (χ3n) is 6.30. The van der Waals surface area contributed by atoms with Gasteiger partial charge in [0, 0.05) is 31.4 Å². The fourth-order valence-electron chi connectivity index (χ4n) is 4.38. The maximum absolute atomic E-state index is 12.6. The number of fused-ring (bicyclic) bond motifs is 1. The third-order valence-corrected chi connectivity index (χ3v) is 6.30. The van der Waals surface area contributed by atoms with Crippen molar-refractivity contribution in [2.24, 2.45) is 0 Å². The monoisotopic (exact) mass is 475 g/mol. The highest BCUT2D eigenvalue weighted by Gasteiger charge is 2.24. The summed E-state index contributed by atoms with van der Waals surface area (Å²) in [6.45, 7) is 2.32. The summed E-state index contributed by atoms with van der Waals surface area (Å²) in [4.78, 5) is 25.9. The fourth-order valence-corrected chi connectivity index (χ4v) is 4.38. The van der Waals surface area contributed by atoms with E-state index in [1.54, 1.807) is 0 Å². The summed E-state index contributed by atoms with van der Waals surface area (Å²) in [5.41, 5.74) is 4.82. The molecule has 0 aliphatic carbocycles. The van der Waals surface area contributed by atoms with Crippen LogP contribution in [0.5, 0.6) is 11.5 Å². The van der Waals surface area contributed by atoms with Crippen LogP contribution in [0.25, 0.3) is 0 Å².